The first-order valence-electron chi connectivity index (χ1n) is 5.32. The predicted octanol–water partition coefficient (Wildman–Crippen LogP) is 1.94. The summed E-state index contributed by atoms with van der Waals surface area (Å²) in [5.41, 5.74) is -0.0707. The van der Waals surface area contributed by atoms with E-state index in [2.05, 4.69) is 59.0 Å². The Hall–Kier alpha value is -1.04. The fourth-order valence-corrected chi connectivity index (χ4v) is 1.26. The standard InChI is InChI=1S/C10H19N5S/c1-5-11-8-12-7(6-16)13-9(14-8)15-10(2,3)4/h16H,5-6H2,1-4H3,(H2,11,12,13,14,15). The van der Waals surface area contributed by atoms with E-state index in [0.717, 1.165) is 6.54 Å². The Kier molecular flexibility index (Phi) is 4.35. The lowest BCUT2D eigenvalue weighted by atomic mass is 10.1. The summed E-state index contributed by atoms with van der Waals surface area (Å²) in [6, 6.07) is 0. The number of aromatic nitrogens is 3. The average Bonchev–Trinajstić information content (AvgIpc) is 2.15. The van der Waals surface area contributed by atoms with Gasteiger partial charge in [0.2, 0.25) is 11.9 Å². The summed E-state index contributed by atoms with van der Waals surface area (Å²) in [6.07, 6.45) is 0. The van der Waals surface area contributed by atoms with Crippen LogP contribution in [0.25, 0.3) is 0 Å². The van der Waals surface area contributed by atoms with E-state index in [0.29, 0.717) is 23.5 Å². The number of thiol groups is 1. The van der Waals surface area contributed by atoms with Crippen LogP contribution < -0.4 is 10.6 Å². The van der Waals surface area contributed by atoms with Crippen LogP contribution in [0.2, 0.25) is 0 Å². The highest BCUT2D eigenvalue weighted by Gasteiger charge is 2.13. The summed E-state index contributed by atoms with van der Waals surface area (Å²) in [5, 5.41) is 6.29. The fraction of sp³-hybridized carbons (Fsp3) is 0.700. The number of rotatable bonds is 4. The van der Waals surface area contributed by atoms with Crippen molar-refractivity contribution in [3.8, 4) is 0 Å². The highest BCUT2D eigenvalue weighted by atomic mass is 32.1. The molecule has 0 spiro atoms. The molecule has 2 N–H and O–H groups in total. The zero-order valence-electron chi connectivity index (χ0n) is 10.2. The summed E-state index contributed by atoms with van der Waals surface area (Å²) in [4.78, 5) is 12.8. The van der Waals surface area contributed by atoms with Crippen LogP contribution in [-0.4, -0.2) is 27.0 Å². The van der Waals surface area contributed by atoms with E-state index in [1.165, 1.54) is 0 Å². The van der Waals surface area contributed by atoms with Crippen LogP contribution in [0.3, 0.4) is 0 Å². The number of anilines is 2. The molecule has 5 nitrogen and oxygen atoms in total. The third-order valence-corrected chi connectivity index (χ3v) is 1.93. The zero-order valence-corrected chi connectivity index (χ0v) is 11.1. The van der Waals surface area contributed by atoms with E-state index in [9.17, 15) is 0 Å². The Morgan fingerprint density at radius 2 is 1.75 bits per heavy atom. The third-order valence-electron chi connectivity index (χ3n) is 1.64. The molecule has 1 rings (SSSR count). The van der Waals surface area contributed by atoms with Crippen molar-refractivity contribution in [1.82, 2.24) is 15.0 Å². The van der Waals surface area contributed by atoms with Gasteiger partial charge in [-0.3, -0.25) is 0 Å². The molecule has 1 heterocycles. The lowest BCUT2D eigenvalue weighted by Gasteiger charge is -2.20. The molecule has 6 heteroatoms. The normalized spacial score (nSPS) is 11.3. The van der Waals surface area contributed by atoms with Gasteiger partial charge in [-0.25, -0.2) is 0 Å². The van der Waals surface area contributed by atoms with E-state index in [4.69, 9.17) is 0 Å². The van der Waals surface area contributed by atoms with E-state index >= 15 is 0 Å². The smallest absolute Gasteiger partial charge is 0.228 e. The van der Waals surface area contributed by atoms with Gasteiger partial charge in [0.15, 0.2) is 0 Å². The minimum absolute atomic E-state index is 0.0707. The molecule has 1 aromatic heterocycles. The van der Waals surface area contributed by atoms with Gasteiger partial charge in [0.05, 0.1) is 5.75 Å². The van der Waals surface area contributed by atoms with Crippen molar-refractivity contribution in [2.75, 3.05) is 17.2 Å². The van der Waals surface area contributed by atoms with E-state index in [1.54, 1.807) is 0 Å². The lowest BCUT2D eigenvalue weighted by Crippen LogP contribution is -2.28. The van der Waals surface area contributed by atoms with Gasteiger partial charge in [-0.15, -0.1) is 0 Å². The maximum Gasteiger partial charge on any atom is 0.228 e. The molecule has 0 saturated carbocycles. The molecule has 16 heavy (non-hydrogen) atoms. The minimum atomic E-state index is -0.0707. The molecule has 0 aliphatic heterocycles. The first-order chi connectivity index (χ1) is 7.44. The van der Waals surface area contributed by atoms with Gasteiger partial charge in [-0.2, -0.15) is 27.6 Å². The van der Waals surface area contributed by atoms with Crippen molar-refractivity contribution in [2.45, 2.75) is 39.0 Å². The molecule has 0 radical (unpaired) electrons. The summed E-state index contributed by atoms with van der Waals surface area (Å²) in [6.45, 7) is 8.96. The zero-order chi connectivity index (χ0) is 12.2. The van der Waals surface area contributed by atoms with E-state index in [-0.39, 0.29) is 5.54 Å². The van der Waals surface area contributed by atoms with Gasteiger partial charge >= 0.3 is 0 Å². The van der Waals surface area contributed by atoms with Crippen molar-refractivity contribution in [3.63, 3.8) is 0 Å². The van der Waals surface area contributed by atoms with Gasteiger partial charge in [0, 0.05) is 12.1 Å². The highest BCUT2D eigenvalue weighted by molar-refractivity contribution is 7.79. The highest BCUT2D eigenvalue weighted by Crippen LogP contribution is 2.12. The number of nitrogens with one attached hydrogen (secondary N) is 2. The maximum atomic E-state index is 4.28. The van der Waals surface area contributed by atoms with Crippen LogP contribution in [0.4, 0.5) is 11.9 Å². The van der Waals surface area contributed by atoms with E-state index in [1.807, 2.05) is 6.92 Å². The Morgan fingerprint density at radius 1 is 1.12 bits per heavy atom. The second kappa shape index (κ2) is 5.34. The third kappa shape index (κ3) is 4.22. The Morgan fingerprint density at radius 3 is 2.25 bits per heavy atom. The van der Waals surface area contributed by atoms with Crippen molar-refractivity contribution in [2.24, 2.45) is 0 Å². The molecule has 0 bridgehead atoms. The molecule has 0 atom stereocenters. The van der Waals surface area contributed by atoms with Gasteiger partial charge < -0.3 is 10.6 Å². The van der Waals surface area contributed by atoms with Crippen LogP contribution >= 0.6 is 12.6 Å². The molecular formula is C10H19N5S. The Bertz CT molecular complexity index is 348. The van der Waals surface area contributed by atoms with Crippen LogP contribution in [0.1, 0.15) is 33.5 Å². The second-order valence-electron chi connectivity index (χ2n) is 4.46. The van der Waals surface area contributed by atoms with Crippen LogP contribution in [-0.2, 0) is 5.75 Å². The lowest BCUT2D eigenvalue weighted by molar-refractivity contribution is 0.624. The SMILES string of the molecule is CCNc1nc(CS)nc(NC(C)(C)C)n1. The maximum absolute atomic E-state index is 4.28. The Labute approximate surface area is 102 Å². The van der Waals surface area contributed by atoms with Crippen molar-refractivity contribution < 1.29 is 0 Å². The summed E-state index contributed by atoms with van der Waals surface area (Å²) in [7, 11) is 0. The average molecular weight is 241 g/mol. The van der Waals surface area contributed by atoms with Gasteiger partial charge in [-0.05, 0) is 27.7 Å². The topological polar surface area (TPSA) is 62.7 Å². The second-order valence-corrected chi connectivity index (χ2v) is 4.78. The minimum Gasteiger partial charge on any atom is -0.354 e. The Balaban J connectivity index is 2.95. The molecule has 90 valence electrons. The molecule has 0 saturated heterocycles. The van der Waals surface area contributed by atoms with E-state index < -0.39 is 0 Å². The molecule has 0 aliphatic carbocycles. The number of hydrogen-bond acceptors (Lipinski definition) is 6. The van der Waals surface area contributed by atoms with Crippen LogP contribution in [0.15, 0.2) is 0 Å². The number of nitrogens with zero attached hydrogens (tertiary/aromatic N) is 3. The predicted molar refractivity (Wildman–Crippen MR) is 70.1 cm³/mol. The summed E-state index contributed by atoms with van der Waals surface area (Å²) in [5.74, 6) is 2.34. The quantitative estimate of drug-likeness (QED) is 0.703. The summed E-state index contributed by atoms with van der Waals surface area (Å²) < 4.78 is 0. The van der Waals surface area contributed by atoms with Crippen LogP contribution in [0, 0.1) is 0 Å². The monoisotopic (exact) mass is 241 g/mol. The molecule has 0 fully saturated rings. The first kappa shape index (κ1) is 13.0. The molecule has 1 aromatic rings. The molecule has 0 amide bonds. The van der Waals surface area contributed by atoms with Crippen LogP contribution in [0.5, 0.6) is 0 Å². The van der Waals surface area contributed by atoms with Gasteiger partial charge in [-0.1, -0.05) is 0 Å². The molecule has 0 aliphatic rings. The van der Waals surface area contributed by atoms with Crippen molar-refractivity contribution in [1.29, 1.82) is 0 Å². The van der Waals surface area contributed by atoms with Crippen molar-refractivity contribution in [3.05, 3.63) is 5.82 Å². The van der Waals surface area contributed by atoms with Gasteiger partial charge in [0.25, 0.3) is 0 Å². The molecular weight excluding hydrogens is 222 g/mol. The largest absolute Gasteiger partial charge is 0.354 e. The number of hydrogen-bond donors (Lipinski definition) is 3. The molecule has 0 unspecified atom stereocenters. The first-order valence-corrected chi connectivity index (χ1v) is 5.95. The fourth-order valence-electron chi connectivity index (χ4n) is 1.12. The summed E-state index contributed by atoms with van der Waals surface area (Å²) >= 11 is 4.18. The molecule has 0 aromatic carbocycles. The van der Waals surface area contributed by atoms with Crippen molar-refractivity contribution >= 4 is 24.5 Å². The van der Waals surface area contributed by atoms with Gasteiger partial charge in [0.1, 0.15) is 5.82 Å².